The highest BCUT2D eigenvalue weighted by Crippen LogP contribution is 2.31. The molecule has 0 spiro atoms. The van der Waals surface area contributed by atoms with Crippen molar-refractivity contribution in [3.63, 3.8) is 0 Å². The van der Waals surface area contributed by atoms with E-state index in [-0.39, 0.29) is 0 Å². The molecule has 1 fully saturated rings. The molecule has 1 aromatic heterocycles. The Morgan fingerprint density at radius 1 is 1.75 bits per heavy atom. The van der Waals surface area contributed by atoms with Gasteiger partial charge in [-0.1, -0.05) is 0 Å². The average Bonchev–Trinajstić information content (AvgIpc) is 2.66. The standard InChI is InChI=1S/C7H10N2O2S/c10-12(11)7-3-8-5-9(7)4-6-1-2-6/h3,5-6H,1-2,4H2,(H,10,11). The lowest BCUT2D eigenvalue weighted by atomic mass is 10.4. The zero-order valence-electron chi connectivity index (χ0n) is 6.51. The Labute approximate surface area is 72.9 Å². The molecule has 0 saturated heterocycles. The Morgan fingerprint density at radius 3 is 3.08 bits per heavy atom. The van der Waals surface area contributed by atoms with Crippen LogP contribution in [0.3, 0.4) is 0 Å². The molecule has 1 aliphatic carbocycles. The van der Waals surface area contributed by atoms with Gasteiger partial charge in [0.1, 0.15) is 0 Å². The topological polar surface area (TPSA) is 55.1 Å². The highest BCUT2D eigenvalue weighted by atomic mass is 32.2. The van der Waals surface area contributed by atoms with Crippen LogP contribution in [0.4, 0.5) is 0 Å². The van der Waals surface area contributed by atoms with Gasteiger partial charge in [-0.2, -0.15) is 0 Å². The lowest BCUT2D eigenvalue weighted by Crippen LogP contribution is -2.04. The lowest BCUT2D eigenvalue weighted by molar-refractivity contribution is 0.531. The largest absolute Gasteiger partial charge is 0.322 e. The molecule has 1 aromatic rings. The van der Waals surface area contributed by atoms with E-state index in [1.165, 1.54) is 19.0 Å². The van der Waals surface area contributed by atoms with Crippen molar-refractivity contribution in [2.24, 2.45) is 5.92 Å². The second kappa shape index (κ2) is 2.99. The van der Waals surface area contributed by atoms with E-state index in [1.54, 1.807) is 10.9 Å². The summed E-state index contributed by atoms with van der Waals surface area (Å²) in [5, 5.41) is 0.405. The van der Waals surface area contributed by atoms with Crippen molar-refractivity contribution < 1.29 is 8.76 Å². The molecule has 4 nitrogen and oxygen atoms in total. The predicted molar refractivity (Wildman–Crippen MR) is 44.0 cm³/mol. The zero-order chi connectivity index (χ0) is 8.55. The van der Waals surface area contributed by atoms with Crippen molar-refractivity contribution in [1.82, 2.24) is 9.55 Å². The smallest absolute Gasteiger partial charge is 0.205 e. The molecule has 12 heavy (non-hydrogen) atoms. The van der Waals surface area contributed by atoms with Crippen molar-refractivity contribution in [1.29, 1.82) is 0 Å². The zero-order valence-corrected chi connectivity index (χ0v) is 7.33. The number of aromatic nitrogens is 2. The fourth-order valence-electron chi connectivity index (χ4n) is 1.17. The number of hydrogen-bond acceptors (Lipinski definition) is 2. The maximum Gasteiger partial charge on any atom is 0.205 e. The van der Waals surface area contributed by atoms with E-state index in [4.69, 9.17) is 4.55 Å². The average molecular weight is 186 g/mol. The molecule has 1 unspecified atom stereocenters. The van der Waals surface area contributed by atoms with E-state index in [0.29, 0.717) is 10.9 Å². The number of imidazole rings is 1. The Balaban J connectivity index is 2.17. The molecule has 0 aliphatic heterocycles. The molecule has 1 atom stereocenters. The van der Waals surface area contributed by atoms with Crippen molar-refractivity contribution in [3.8, 4) is 0 Å². The number of nitrogens with zero attached hydrogens (tertiary/aromatic N) is 2. The number of hydrogen-bond donors (Lipinski definition) is 1. The van der Waals surface area contributed by atoms with Gasteiger partial charge < -0.3 is 9.12 Å². The minimum Gasteiger partial charge on any atom is -0.322 e. The van der Waals surface area contributed by atoms with Crippen LogP contribution in [-0.2, 0) is 17.6 Å². The normalized spacial score (nSPS) is 19.4. The van der Waals surface area contributed by atoms with Gasteiger partial charge in [0, 0.05) is 6.54 Å². The third-order valence-corrected chi connectivity index (χ3v) is 2.70. The van der Waals surface area contributed by atoms with Crippen LogP contribution in [0.2, 0.25) is 0 Å². The monoisotopic (exact) mass is 186 g/mol. The van der Waals surface area contributed by atoms with Crippen LogP contribution >= 0.6 is 0 Å². The minimum atomic E-state index is -1.90. The van der Waals surface area contributed by atoms with Crippen molar-refractivity contribution in [2.75, 3.05) is 0 Å². The summed E-state index contributed by atoms with van der Waals surface area (Å²) in [6.45, 7) is 0.835. The van der Waals surface area contributed by atoms with Gasteiger partial charge in [0.25, 0.3) is 0 Å². The minimum absolute atomic E-state index is 0.405. The molecule has 66 valence electrons. The molecular weight excluding hydrogens is 176 g/mol. The predicted octanol–water partition coefficient (Wildman–Crippen LogP) is 0.874. The van der Waals surface area contributed by atoms with E-state index in [2.05, 4.69) is 4.98 Å². The van der Waals surface area contributed by atoms with Gasteiger partial charge in [0.15, 0.2) is 5.03 Å². The molecule has 0 amide bonds. The summed E-state index contributed by atoms with van der Waals surface area (Å²) in [5.74, 6) is 0.696. The van der Waals surface area contributed by atoms with E-state index in [0.717, 1.165) is 6.54 Å². The van der Waals surface area contributed by atoms with Gasteiger partial charge in [0.05, 0.1) is 12.5 Å². The van der Waals surface area contributed by atoms with Crippen LogP contribution in [-0.4, -0.2) is 18.3 Å². The first-order chi connectivity index (χ1) is 5.77. The van der Waals surface area contributed by atoms with Gasteiger partial charge in [-0.15, -0.1) is 0 Å². The van der Waals surface area contributed by atoms with E-state index in [1.807, 2.05) is 0 Å². The molecular formula is C7H10N2O2S. The molecule has 1 aliphatic rings. The second-order valence-corrected chi connectivity index (χ2v) is 3.99. The molecule has 0 bridgehead atoms. The lowest BCUT2D eigenvalue weighted by Gasteiger charge is -2.02. The maximum atomic E-state index is 10.7. The third-order valence-electron chi connectivity index (χ3n) is 2.00. The summed E-state index contributed by atoms with van der Waals surface area (Å²) in [4.78, 5) is 3.83. The quantitative estimate of drug-likeness (QED) is 0.713. The van der Waals surface area contributed by atoms with Crippen LogP contribution < -0.4 is 0 Å². The molecule has 1 heterocycles. The maximum absolute atomic E-state index is 10.7. The Kier molecular flexibility index (Phi) is 1.98. The first-order valence-corrected chi connectivity index (χ1v) is 4.99. The van der Waals surface area contributed by atoms with Gasteiger partial charge in [-0.3, -0.25) is 0 Å². The SMILES string of the molecule is O=S(O)c1cncn1CC1CC1. The molecule has 0 aromatic carbocycles. The van der Waals surface area contributed by atoms with Crippen molar-refractivity contribution in [3.05, 3.63) is 12.5 Å². The van der Waals surface area contributed by atoms with Gasteiger partial charge in [-0.05, 0) is 18.8 Å². The van der Waals surface area contributed by atoms with Crippen LogP contribution in [0.5, 0.6) is 0 Å². The Morgan fingerprint density at radius 2 is 2.50 bits per heavy atom. The molecule has 2 rings (SSSR count). The summed E-state index contributed by atoms with van der Waals surface area (Å²) in [6, 6.07) is 0. The van der Waals surface area contributed by atoms with Gasteiger partial charge in [-0.25, -0.2) is 9.19 Å². The Bertz CT molecular complexity index is 306. The highest BCUT2D eigenvalue weighted by molar-refractivity contribution is 7.79. The fourth-order valence-corrected chi connectivity index (χ4v) is 1.64. The van der Waals surface area contributed by atoms with Gasteiger partial charge in [0.2, 0.25) is 11.1 Å². The first-order valence-electron chi connectivity index (χ1n) is 3.88. The summed E-state index contributed by atoms with van der Waals surface area (Å²) >= 11 is -1.90. The highest BCUT2D eigenvalue weighted by Gasteiger charge is 2.23. The molecule has 1 saturated carbocycles. The van der Waals surface area contributed by atoms with Crippen molar-refractivity contribution >= 4 is 11.1 Å². The molecule has 1 N–H and O–H groups in total. The Hall–Kier alpha value is -0.680. The van der Waals surface area contributed by atoms with Gasteiger partial charge >= 0.3 is 0 Å². The van der Waals surface area contributed by atoms with Crippen LogP contribution in [0.1, 0.15) is 12.8 Å². The van der Waals surface area contributed by atoms with E-state index < -0.39 is 11.1 Å². The summed E-state index contributed by atoms with van der Waals surface area (Å²) in [6.07, 6.45) is 5.52. The van der Waals surface area contributed by atoms with E-state index >= 15 is 0 Å². The molecule has 5 heteroatoms. The number of rotatable bonds is 3. The third kappa shape index (κ3) is 1.56. The van der Waals surface area contributed by atoms with Crippen LogP contribution in [0.15, 0.2) is 17.6 Å². The van der Waals surface area contributed by atoms with Crippen LogP contribution in [0, 0.1) is 5.92 Å². The van der Waals surface area contributed by atoms with E-state index in [9.17, 15) is 4.21 Å². The summed E-state index contributed by atoms with van der Waals surface area (Å²) in [5.41, 5.74) is 0. The first kappa shape index (κ1) is 7.94. The second-order valence-electron chi connectivity index (χ2n) is 3.08. The fraction of sp³-hybridized carbons (Fsp3) is 0.571. The van der Waals surface area contributed by atoms with Crippen LogP contribution in [0.25, 0.3) is 0 Å². The molecule has 0 radical (unpaired) electrons. The summed E-state index contributed by atoms with van der Waals surface area (Å²) in [7, 11) is 0. The van der Waals surface area contributed by atoms with Crippen molar-refractivity contribution in [2.45, 2.75) is 24.4 Å². The summed E-state index contributed by atoms with van der Waals surface area (Å²) < 4.78 is 21.3.